The number of rotatable bonds is 5. The Kier molecular flexibility index (Phi) is 6.65. The fourth-order valence-corrected chi connectivity index (χ4v) is 6.12. The van der Waals surface area contributed by atoms with Crippen molar-refractivity contribution in [2.45, 2.75) is 38.2 Å². The summed E-state index contributed by atoms with van der Waals surface area (Å²) in [7, 11) is 0. The molecule has 2 aliphatic heterocycles. The number of fused-ring (bicyclic) bond motifs is 1. The van der Waals surface area contributed by atoms with Crippen molar-refractivity contribution in [1.29, 1.82) is 0 Å². The number of piperidine rings is 1. The smallest absolute Gasteiger partial charge is 0.254 e. The fraction of sp³-hybridized carbons (Fsp3) is 0.433. The number of halogens is 1. The molecule has 0 aliphatic carbocycles. The number of hydrogen-bond acceptors (Lipinski definition) is 3. The molecule has 3 aromatic carbocycles. The van der Waals surface area contributed by atoms with E-state index in [1.165, 1.54) is 5.56 Å². The minimum Gasteiger partial charge on any atom is -0.390 e. The zero-order valence-corrected chi connectivity index (χ0v) is 20.7. The number of benzene rings is 3. The lowest BCUT2D eigenvalue weighted by Crippen LogP contribution is -2.43. The van der Waals surface area contributed by atoms with Crippen molar-refractivity contribution in [1.82, 2.24) is 9.80 Å². The van der Waals surface area contributed by atoms with Gasteiger partial charge in [0, 0.05) is 31.1 Å². The molecule has 5 heteroatoms. The van der Waals surface area contributed by atoms with Crippen molar-refractivity contribution in [3.05, 3.63) is 83.7 Å². The number of aliphatic hydroxyl groups is 1. The summed E-state index contributed by atoms with van der Waals surface area (Å²) in [4.78, 5) is 18.0. The Morgan fingerprint density at radius 2 is 1.66 bits per heavy atom. The Morgan fingerprint density at radius 3 is 2.37 bits per heavy atom. The van der Waals surface area contributed by atoms with E-state index >= 15 is 0 Å². The number of hydrogen-bond donors (Lipinski definition) is 1. The molecule has 4 nitrogen and oxygen atoms in total. The first-order valence-electron chi connectivity index (χ1n) is 12.8. The molecule has 0 aromatic heterocycles. The van der Waals surface area contributed by atoms with Gasteiger partial charge in [-0.1, -0.05) is 48.5 Å². The van der Waals surface area contributed by atoms with Crippen LogP contribution in [0.4, 0.5) is 4.39 Å². The maximum atomic E-state index is 13.6. The van der Waals surface area contributed by atoms with Gasteiger partial charge < -0.3 is 14.9 Å². The van der Waals surface area contributed by atoms with E-state index in [1.54, 1.807) is 12.1 Å². The molecular formula is C30H35FN2O2. The average molecular weight is 475 g/mol. The lowest BCUT2D eigenvalue weighted by atomic mass is 9.81. The molecule has 2 aliphatic rings. The van der Waals surface area contributed by atoms with Gasteiger partial charge in [0.2, 0.25) is 0 Å². The summed E-state index contributed by atoms with van der Waals surface area (Å²) in [6.07, 6.45) is 2.09. The normalized spacial score (nSPS) is 22.1. The van der Waals surface area contributed by atoms with Crippen molar-refractivity contribution < 1.29 is 14.3 Å². The van der Waals surface area contributed by atoms with Gasteiger partial charge in [-0.3, -0.25) is 4.79 Å². The summed E-state index contributed by atoms with van der Waals surface area (Å²) in [6.45, 7) is 7.82. The lowest BCUT2D eigenvalue weighted by molar-refractivity contribution is -0.00235. The molecule has 2 atom stereocenters. The summed E-state index contributed by atoms with van der Waals surface area (Å²) in [5, 5.41) is 13.0. The fourth-order valence-electron chi connectivity index (χ4n) is 6.12. The zero-order valence-electron chi connectivity index (χ0n) is 20.7. The quantitative estimate of drug-likeness (QED) is 0.545. The molecule has 35 heavy (non-hydrogen) atoms. The van der Waals surface area contributed by atoms with Crippen LogP contribution in [0.1, 0.15) is 48.5 Å². The molecule has 1 N–H and O–H groups in total. The van der Waals surface area contributed by atoms with Crippen LogP contribution < -0.4 is 0 Å². The SMILES string of the molecule is CC(C)(O)C1CN(C(=O)c2cccc3ccccc23)CC1CN1CCC(c2ccc(F)cc2)CC1. The zero-order chi connectivity index (χ0) is 24.6. The maximum Gasteiger partial charge on any atom is 0.254 e. The number of carbonyl (C=O) groups excluding carboxylic acids is 1. The van der Waals surface area contributed by atoms with E-state index in [2.05, 4.69) is 4.90 Å². The van der Waals surface area contributed by atoms with E-state index in [9.17, 15) is 14.3 Å². The third-order valence-electron chi connectivity index (χ3n) is 8.08. The van der Waals surface area contributed by atoms with Gasteiger partial charge in [0.25, 0.3) is 5.91 Å². The van der Waals surface area contributed by atoms with Gasteiger partial charge in [0.1, 0.15) is 5.82 Å². The van der Waals surface area contributed by atoms with Crippen molar-refractivity contribution >= 4 is 16.7 Å². The number of likely N-dealkylation sites (tertiary alicyclic amines) is 2. The molecule has 2 unspecified atom stereocenters. The molecule has 0 bridgehead atoms. The molecule has 5 rings (SSSR count). The van der Waals surface area contributed by atoms with Gasteiger partial charge in [0.05, 0.1) is 5.60 Å². The second-order valence-corrected chi connectivity index (χ2v) is 10.9. The number of nitrogens with zero attached hydrogens (tertiary/aromatic N) is 2. The van der Waals surface area contributed by atoms with Gasteiger partial charge in [0.15, 0.2) is 0 Å². The van der Waals surface area contributed by atoms with Crippen LogP contribution in [0.3, 0.4) is 0 Å². The second-order valence-electron chi connectivity index (χ2n) is 10.9. The summed E-state index contributed by atoms with van der Waals surface area (Å²) in [5.41, 5.74) is 1.09. The Bertz CT molecular complexity index is 1170. The number of carbonyl (C=O) groups is 1. The van der Waals surface area contributed by atoms with Crippen LogP contribution in [0.5, 0.6) is 0 Å². The summed E-state index contributed by atoms with van der Waals surface area (Å²) >= 11 is 0. The van der Waals surface area contributed by atoms with E-state index in [0.29, 0.717) is 19.0 Å². The van der Waals surface area contributed by atoms with Gasteiger partial charge in [-0.2, -0.15) is 0 Å². The highest BCUT2D eigenvalue weighted by molar-refractivity contribution is 6.07. The Morgan fingerprint density at radius 1 is 0.971 bits per heavy atom. The van der Waals surface area contributed by atoms with Gasteiger partial charge >= 0.3 is 0 Å². The first-order valence-corrected chi connectivity index (χ1v) is 12.8. The molecule has 2 fully saturated rings. The monoisotopic (exact) mass is 474 g/mol. The minimum atomic E-state index is -0.856. The third kappa shape index (κ3) is 5.12. The van der Waals surface area contributed by atoms with Crippen LogP contribution >= 0.6 is 0 Å². The second kappa shape index (κ2) is 9.71. The van der Waals surface area contributed by atoms with Crippen molar-refractivity contribution in [3.8, 4) is 0 Å². The molecule has 2 saturated heterocycles. The van der Waals surface area contributed by atoms with Gasteiger partial charge in [-0.15, -0.1) is 0 Å². The summed E-state index contributed by atoms with van der Waals surface area (Å²) in [6, 6.07) is 20.8. The molecule has 0 spiro atoms. The third-order valence-corrected chi connectivity index (χ3v) is 8.08. The van der Waals surface area contributed by atoms with E-state index in [-0.39, 0.29) is 23.6 Å². The van der Waals surface area contributed by atoms with Crippen LogP contribution in [0.15, 0.2) is 66.7 Å². The highest BCUT2D eigenvalue weighted by Crippen LogP contribution is 2.36. The van der Waals surface area contributed by atoms with Crippen LogP contribution in [0.25, 0.3) is 10.8 Å². The van der Waals surface area contributed by atoms with E-state index in [4.69, 9.17) is 0 Å². The van der Waals surface area contributed by atoms with E-state index < -0.39 is 5.60 Å². The van der Waals surface area contributed by atoms with Crippen LogP contribution in [0, 0.1) is 17.7 Å². The predicted octanol–water partition coefficient (Wildman–Crippen LogP) is 5.32. The van der Waals surface area contributed by atoms with Crippen molar-refractivity contribution in [3.63, 3.8) is 0 Å². The average Bonchev–Trinajstić information content (AvgIpc) is 3.29. The Labute approximate surface area is 207 Å². The molecular weight excluding hydrogens is 439 g/mol. The van der Waals surface area contributed by atoms with Crippen molar-refractivity contribution in [2.24, 2.45) is 11.8 Å². The van der Waals surface area contributed by atoms with Crippen molar-refractivity contribution in [2.75, 3.05) is 32.7 Å². The Balaban J connectivity index is 1.27. The summed E-state index contributed by atoms with van der Waals surface area (Å²) < 4.78 is 13.3. The number of amides is 1. The summed E-state index contributed by atoms with van der Waals surface area (Å²) in [5.74, 6) is 0.568. The maximum absolute atomic E-state index is 13.6. The largest absolute Gasteiger partial charge is 0.390 e. The highest BCUT2D eigenvalue weighted by atomic mass is 19.1. The lowest BCUT2D eigenvalue weighted by Gasteiger charge is -2.37. The molecule has 0 radical (unpaired) electrons. The van der Waals surface area contributed by atoms with Crippen LogP contribution in [0.2, 0.25) is 0 Å². The predicted molar refractivity (Wildman–Crippen MR) is 138 cm³/mol. The molecule has 3 aromatic rings. The molecule has 1 amide bonds. The van der Waals surface area contributed by atoms with E-state index in [0.717, 1.165) is 48.8 Å². The minimum absolute atomic E-state index is 0.0243. The first-order chi connectivity index (χ1) is 16.8. The standard InChI is InChI=1S/C30H35FN2O2/c1-30(2,35)28-20-33(29(34)27-9-5-7-23-6-3-4-8-26(23)27)19-24(28)18-32-16-14-22(15-17-32)21-10-12-25(31)13-11-21/h3-13,22,24,28,35H,14-20H2,1-2H3. The Hall–Kier alpha value is -2.76. The van der Waals surface area contributed by atoms with Crippen LogP contribution in [-0.4, -0.2) is 59.1 Å². The van der Waals surface area contributed by atoms with E-state index in [1.807, 2.05) is 73.3 Å². The highest BCUT2D eigenvalue weighted by Gasteiger charge is 2.44. The van der Waals surface area contributed by atoms with Crippen LogP contribution in [-0.2, 0) is 0 Å². The first kappa shape index (κ1) is 24.0. The topological polar surface area (TPSA) is 43.8 Å². The molecule has 2 heterocycles. The molecule has 0 saturated carbocycles. The molecule has 184 valence electrons. The van der Waals surface area contributed by atoms with Gasteiger partial charge in [-0.25, -0.2) is 4.39 Å². The van der Waals surface area contributed by atoms with Gasteiger partial charge in [-0.05, 0) is 86.1 Å².